The van der Waals surface area contributed by atoms with Gasteiger partial charge in [0.1, 0.15) is 4.95 Å². The van der Waals surface area contributed by atoms with Crippen molar-refractivity contribution >= 4 is 22.1 Å². The van der Waals surface area contributed by atoms with Crippen LogP contribution in [0.5, 0.6) is 0 Å². The molecule has 0 radical (unpaired) electrons. The lowest BCUT2D eigenvalue weighted by molar-refractivity contribution is 0.904. The predicted molar refractivity (Wildman–Crippen MR) is 50.5 cm³/mol. The fourth-order valence-electron chi connectivity index (χ4n) is 1.24. The quantitative estimate of drug-likeness (QED) is 0.460. The molecule has 0 amide bonds. The highest BCUT2D eigenvalue weighted by molar-refractivity contribution is 9.09. The van der Waals surface area contributed by atoms with Crippen LogP contribution in [0.4, 0.5) is 0 Å². The molecule has 11 heavy (non-hydrogen) atoms. The lowest BCUT2D eigenvalue weighted by Crippen LogP contribution is -2.08. The minimum atomic E-state index is 0.275. The molecule has 1 aliphatic heterocycles. The molecule has 0 bridgehead atoms. The Morgan fingerprint density at radius 2 is 2.18 bits per heavy atom. The number of fused-ring (bicyclic) bond motifs is 1. The Kier molecular flexibility index (Phi) is 1.78. The van der Waals surface area contributed by atoms with E-state index in [4.69, 9.17) is 0 Å². The second kappa shape index (κ2) is 2.78. The lowest BCUT2D eigenvalue weighted by atomic mass is 10.0. The third kappa shape index (κ3) is 1.36. The number of hydrogen-bond donors (Lipinski definition) is 0. The van der Waals surface area contributed by atoms with E-state index in [0.29, 0.717) is 0 Å². The summed E-state index contributed by atoms with van der Waals surface area (Å²) in [6.07, 6.45) is 2.94. The summed E-state index contributed by atoms with van der Waals surface area (Å²) < 4.78 is 0. The SMILES string of the molecule is BrC1Cc2ccccc2C=N1. The van der Waals surface area contributed by atoms with Crippen molar-refractivity contribution in [2.24, 2.45) is 4.99 Å². The second-order valence-corrected chi connectivity index (χ2v) is 3.67. The molecule has 1 nitrogen and oxygen atoms in total. The van der Waals surface area contributed by atoms with Crippen molar-refractivity contribution in [3.63, 3.8) is 0 Å². The minimum absolute atomic E-state index is 0.275. The summed E-state index contributed by atoms with van der Waals surface area (Å²) in [5, 5.41) is 0. The zero-order chi connectivity index (χ0) is 7.68. The summed E-state index contributed by atoms with van der Waals surface area (Å²) in [6, 6.07) is 8.35. The van der Waals surface area contributed by atoms with Gasteiger partial charge in [-0.05, 0) is 11.1 Å². The molecular weight excluding hydrogens is 202 g/mol. The number of halogens is 1. The molecule has 0 aliphatic carbocycles. The molecule has 0 fully saturated rings. The number of nitrogens with zero attached hydrogens (tertiary/aromatic N) is 1. The highest BCUT2D eigenvalue weighted by Crippen LogP contribution is 2.18. The van der Waals surface area contributed by atoms with Gasteiger partial charge in [0.25, 0.3) is 0 Å². The largest absolute Gasteiger partial charge is 0.277 e. The zero-order valence-electron chi connectivity index (χ0n) is 6.00. The van der Waals surface area contributed by atoms with Crippen LogP contribution in [0.2, 0.25) is 0 Å². The van der Waals surface area contributed by atoms with E-state index in [1.165, 1.54) is 11.1 Å². The molecule has 1 aliphatic rings. The van der Waals surface area contributed by atoms with Gasteiger partial charge in [0.15, 0.2) is 0 Å². The standard InChI is InChI=1S/C9H8BrN/c10-9-5-7-3-1-2-4-8(7)6-11-9/h1-4,6,9H,5H2. The Hall–Kier alpha value is -0.630. The summed E-state index contributed by atoms with van der Waals surface area (Å²) >= 11 is 3.46. The normalized spacial score (nSPS) is 21.4. The third-order valence-electron chi connectivity index (χ3n) is 1.82. The Morgan fingerprint density at radius 3 is 3.09 bits per heavy atom. The van der Waals surface area contributed by atoms with Crippen molar-refractivity contribution in [3.05, 3.63) is 35.4 Å². The number of aliphatic imine (C=N–C) groups is 1. The second-order valence-electron chi connectivity index (χ2n) is 2.62. The van der Waals surface area contributed by atoms with Gasteiger partial charge < -0.3 is 0 Å². The van der Waals surface area contributed by atoms with Crippen LogP contribution in [-0.2, 0) is 6.42 Å². The van der Waals surface area contributed by atoms with Crippen molar-refractivity contribution in [2.45, 2.75) is 11.4 Å². The van der Waals surface area contributed by atoms with Crippen molar-refractivity contribution in [1.29, 1.82) is 0 Å². The van der Waals surface area contributed by atoms with Crippen molar-refractivity contribution in [3.8, 4) is 0 Å². The van der Waals surface area contributed by atoms with E-state index in [9.17, 15) is 0 Å². The number of hydrogen-bond acceptors (Lipinski definition) is 1. The average Bonchev–Trinajstić information content (AvgIpc) is 2.04. The maximum Gasteiger partial charge on any atom is 0.109 e. The Labute approximate surface area is 74.3 Å². The highest BCUT2D eigenvalue weighted by atomic mass is 79.9. The Morgan fingerprint density at radius 1 is 1.36 bits per heavy atom. The van der Waals surface area contributed by atoms with Crippen LogP contribution in [0.15, 0.2) is 29.3 Å². The number of rotatable bonds is 0. The topological polar surface area (TPSA) is 12.4 Å². The van der Waals surface area contributed by atoms with E-state index in [0.717, 1.165) is 6.42 Å². The van der Waals surface area contributed by atoms with Crippen LogP contribution in [0, 0.1) is 0 Å². The average molecular weight is 210 g/mol. The van der Waals surface area contributed by atoms with Crippen LogP contribution >= 0.6 is 15.9 Å². The maximum absolute atomic E-state index is 4.26. The first kappa shape index (κ1) is 7.04. The fourth-order valence-corrected chi connectivity index (χ4v) is 1.71. The van der Waals surface area contributed by atoms with Crippen molar-refractivity contribution in [2.75, 3.05) is 0 Å². The summed E-state index contributed by atoms with van der Waals surface area (Å²) in [4.78, 5) is 4.54. The number of alkyl halides is 1. The van der Waals surface area contributed by atoms with Gasteiger partial charge >= 0.3 is 0 Å². The molecule has 1 aromatic rings. The molecule has 0 N–H and O–H groups in total. The van der Waals surface area contributed by atoms with Crippen LogP contribution in [0.3, 0.4) is 0 Å². The van der Waals surface area contributed by atoms with Gasteiger partial charge in [-0.15, -0.1) is 0 Å². The molecule has 0 saturated carbocycles. The zero-order valence-corrected chi connectivity index (χ0v) is 7.58. The van der Waals surface area contributed by atoms with E-state index < -0.39 is 0 Å². The van der Waals surface area contributed by atoms with Gasteiger partial charge in [-0.2, -0.15) is 0 Å². The first-order valence-electron chi connectivity index (χ1n) is 3.61. The molecule has 1 atom stereocenters. The molecular formula is C9H8BrN. The summed E-state index contributed by atoms with van der Waals surface area (Å²) in [6.45, 7) is 0. The lowest BCUT2D eigenvalue weighted by Gasteiger charge is -2.12. The molecule has 1 heterocycles. The maximum atomic E-state index is 4.26. The fraction of sp³-hybridized carbons (Fsp3) is 0.222. The van der Waals surface area contributed by atoms with E-state index >= 15 is 0 Å². The summed E-state index contributed by atoms with van der Waals surface area (Å²) in [5.41, 5.74) is 2.63. The molecule has 0 aromatic heterocycles. The van der Waals surface area contributed by atoms with E-state index in [-0.39, 0.29) is 4.95 Å². The molecule has 2 rings (SSSR count). The molecule has 2 heteroatoms. The first-order chi connectivity index (χ1) is 5.36. The van der Waals surface area contributed by atoms with Gasteiger partial charge in [0, 0.05) is 12.6 Å². The van der Waals surface area contributed by atoms with Crippen LogP contribution in [0.25, 0.3) is 0 Å². The van der Waals surface area contributed by atoms with Gasteiger partial charge in [-0.3, -0.25) is 4.99 Å². The monoisotopic (exact) mass is 209 g/mol. The van der Waals surface area contributed by atoms with E-state index in [2.05, 4.69) is 39.1 Å². The van der Waals surface area contributed by atoms with Gasteiger partial charge in [-0.25, -0.2) is 0 Å². The molecule has 0 spiro atoms. The Balaban J connectivity index is 2.46. The first-order valence-corrected chi connectivity index (χ1v) is 4.53. The predicted octanol–water partition coefficient (Wildman–Crippen LogP) is 2.38. The molecule has 1 aromatic carbocycles. The highest BCUT2D eigenvalue weighted by Gasteiger charge is 2.09. The summed E-state index contributed by atoms with van der Waals surface area (Å²) in [7, 11) is 0. The van der Waals surface area contributed by atoms with Gasteiger partial charge in [0.05, 0.1) is 0 Å². The Bertz CT molecular complexity index is 293. The van der Waals surface area contributed by atoms with Crippen LogP contribution in [-0.4, -0.2) is 11.2 Å². The third-order valence-corrected chi connectivity index (χ3v) is 2.38. The smallest absolute Gasteiger partial charge is 0.109 e. The minimum Gasteiger partial charge on any atom is -0.277 e. The van der Waals surface area contributed by atoms with Crippen molar-refractivity contribution < 1.29 is 0 Å². The van der Waals surface area contributed by atoms with Crippen LogP contribution < -0.4 is 0 Å². The van der Waals surface area contributed by atoms with Crippen molar-refractivity contribution in [1.82, 2.24) is 0 Å². The number of benzene rings is 1. The van der Waals surface area contributed by atoms with Crippen LogP contribution in [0.1, 0.15) is 11.1 Å². The summed E-state index contributed by atoms with van der Waals surface area (Å²) in [5.74, 6) is 0. The van der Waals surface area contributed by atoms with E-state index in [1.807, 2.05) is 12.3 Å². The molecule has 1 unspecified atom stereocenters. The molecule has 56 valence electrons. The molecule has 0 saturated heterocycles. The van der Waals surface area contributed by atoms with E-state index in [1.54, 1.807) is 0 Å². The van der Waals surface area contributed by atoms with Gasteiger partial charge in [0.2, 0.25) is 0 Å². The van der Waals surface area contributed by atoms with Gasteiger partial charge in [-0.1, -0.05) is 40.2 Å².